The van der Waals surface area contributed by atoms with Gasteiger partial charge >= 0.3 is 11.8 Å². The lowest BCUT2D eigenvalue weighted by atomic mass is 10.1. The molecule has 1 heterocycles. The topological polar surface area (TPSA) is 183 Å². The Kier molecular flexibility index (Phi) is 11.4. The molecular weight excluding hydrogens is 726 g/mol. The Balaban J connectivity index is 1.76. The number of aliphatic imine (C=N–C) groups is 1. The number of hydrogen-bond acceptors (Lipinski definition) is 12. The van der Waals surface area contributed by atoms with Crippen LogP contribution in [0.3, 0.4) is 0 Å². The zero-order chi connectivity index (χ0) is 36.2. The van der Waals surface area contributed by atoms with E-state index in [-0.39, 0.29) is 60.0 Å². The van der Waals surface area contributed by atoms with Crippen molar-refractivity contribution in [2.45, 2.75) is 6.92 Å². The first-order valence-electron chi connectivity index (χ1n) is 13.7. The second kappa shape index (κ2) is 15.3. The van der Waals surface area contributed by atoms with E-state index in [1.807, 2.05) is 18.9 Å². The molecule has 1 N–H and O–H groups in total. The van der Waals surface area contributed by atoms with E-state index in [9.17, 15) is 38.4 Å². The number of anilines is 4. The first-order chi connectivity index (χ1) is 23.2. The molecule has 14 nitrogen and oxygen atoms in total. The second-order valence-electron chi connectivity index (χ2n) is 9.81. The van der Waals surface area contributed by atoms with Crippen molar-refractivity contribution in [2.24, 2.45) is 10.1 Å². The molecule has 3 aromatic carbocycles. The molecule has 0 spiro atoms. The Labute approximate surface area is 296 Å². The minimum atomic E-state index is -2.12. The van der Waals surface area contributed by atoms with Crippen LogP contribution in [0.5, 0.6) is 0 Å². The summed E-state index contributed by atoms with van der Waals surface area (Å²) in [6, 6.07) is 13.0. The Morgan fingerprint density at radius 2 is 1.47 bits per heavy atom. The third-order valence-electron chi connectivity index (χ3n) is 6.76. The molecule has 3 aromatic rings. The highest BCUT2D eigenvalue weighted by Gasteiger charge is 2.38. The lowest BCUT2D eigenvalue weighted by molar-refractivity contribution is -0.151. The molecule has 4 rings (SSSR count). The average Bonchev–Trinajstić information content (AvgIpc) is 3.37. The molecule has 0 saturated heterocycles. The molecule has 0 saturated carbocycles. The number of benzene rings is 3. The Hall–Kier alpha value is -5.28. The molecular formula is C31H20Cl4N6O8. The van der Waals surface area contributed by atoms with Crippen LogP contribution < -0.4 is 20.1 Å². The van der Waals surface area contributed by atoms with Crippen molar-refractivity contribution in [3.8, 4) is 0 Å². The fourth-order valence-corrected chi connectivity index (χ4v) is 5.29. The number of carbonyl (C=O) groups is 8. The molecule has 18 heteroatoms. The number of nitrogens with one attached hydrogen (secondary N) is 1. The number of aldehydes is 1. The van der Waals surface area contributed by atoms with Crippen molar-refractivity contribution in [3.05, 3.63) is 74.7 Å². The molecule has 0 bridgehead atoms. The van der Waals surface area contributed by atoms with Crippen molar-refractivity contribution in [1.29, 1.82) is 0 Å². The number of imide groups is 1. The van der Waals surface area contributed by atoms with Gasteiger partial charge in [0.1, 0.15) is 5.69 Å². The summed E-state index contributed by atoms with van der Waals surface area (Å²) in [6.45, 7) is 2.71. The number of rotatable bonds is 12. The number of hydrogen-bond donors (Lipinski definition) is 1. The van der Waals surface area contributed by atoms with Gasteiger partial charge in [-0.2, -0.15) is 5.01 Å². The number of amides is 3. The molecule has 1 aliphatic rings. The van der Waals surface area contributed by atoms with Crippen molar-refractivity contribution >= 4 is 134 Å². The van der Waals surface area contributed by atoms with E-state index in [1.165, 1.54) is 18.2 Å². The number of carbonyl (C=O) groups excluding carboxylic acids is 8. The summed E-state index contributed by atoms with van der Waals surface area (Å²) in [5.41, 5.74) is 0.536. The first-order valence-corrected chi connectivity index (χ1v) is 15.2. The largest absolute Gasteiger partial charge is 0.375 e. The Morgan fingerprint density at radius 3 is 2.04 bits per heavy atom. The predicted octanol–water partition coefficient (Wildman–Crippen LogP) is 4.27. The number of hydrazone groups is 1. The lowest BCUT2D eigenvalue weighted by Crippen LogP contribution is -2.43. The van der Waals surface area contributed by atoms with Crippen LogP contribution in [0, 0.1) is 0 Å². The number of amidine groups is 1. The standard InChI is InChI=1S/C31H20Cl4N6O8/c1-3-39(2)17-6-4-16(5-7-17)36-24-29(38-41(30(24)48)25-20(34)10-15(32)11-21(25)35)37-22-12-18(8-9-19(22)33)40(14-43)31(49)28(47)27(46)26(45)23(44)13-42/h4-14H,3H2,1-2H3,(H,37,38). The van der Waals surface area contributed by atoms with Gasteiger partial charge in [-0.3, -0.25) is 38.4 Å². The Bertz CT molecular complexity index is 1990. The number of halogens is 4. The summed E-state index contributed by atoms with van der Waals surface area (Å²) in [5.74, 6) is -10.9. The molecule has 250 valence electrons. The number of nitrogens with zero attached hydrogens (tertiary/aromatic N) is 5. The van der Waals surface area contributed by atoms with Crippen LogP contribution in [0.15, 0.2) is 64.7 Å². The van der Waals surface area contributed by atoms with E-state index in [2.05, 4.69) is 15.4 Å². The molecule has 0 fully saturated rings. The van der Waals surface area contributed by atoms with Gasteiger partial charge in [-0.05, 0) is 61.5 Å². The highest BCUT2D eigenvalue weighted by atomic mass is 35.5. The van der Waals surface area contributed by atoms with E-state index in [1.54, 1.807) is 24.3 Å². The number of Topliss-reactive ketones (excluding diaryl/α,β-unsaturated/α-hetero) is 4. The van der Waals surface area contributed by atoms with Gasteiger partial charge in [0.2, 0.25) is 6.41 Å². The fraction of sp³-hybridized carbons (Fsp3) is 0.0968. The fourth-order valence-electron chi connectivity index (χ4n) is 4.15. The first kappa shape index (κ1) is 36.6. The highest BCUT2D eigenvalue weighted by Crippen LogP contribution is 2.39. The summed E-state index contributed by atoms with van der Waals surface area (Å²) < 4.78 is 0. The quantitative estimate of drug-likeness (QED) is 0.160. The molecule has 0 unspecified atom stereocenters. The lowest BCUT2D eigenvalue weighted by Gasteiger charge is -2.17. The van der Waals surface area contributed by atoms with Gasteiger partial charge in [0.05, 0.1) is 32.1 Å². The monoisotopic (exact) mass is 744 g/mol. The van der Waals surface area contributed by atoms with Crippen LogP contribution in [0.4, 0.5) is 28.4 Å². The van der Waals surface area contributed by atoms with Gasteiger partial charge in [-0.1, -0.05) is 46.4 Å². The zero-order valence-corrected chi connectivity index (χ0v) is 28.1. The minimum Gasteiger partial charge on any atom is -0.375 e. The van der Waals surface area contributed by atoms with Gasteiger partial charge < -0.3 is 10.2 Å². The molecule has 0 radical (unpaired) electrons. The van der Waals surface area contributed by atoms with Crippen LogP contribution in [-0.2, 0) is 38.4 Å². The van der Waals surface area contributed by atoms with E-state index < -0.39 is 41.2 Å². The van der Waals surface area contributed by atoms with Gasteiger partial charge in [0.25, 0.3) is 23.1 Å². The van der Waals surface area contributed by atoms with Crippen LogP contribution in [0.25, 0.3) is 0 Å². The van der Waals surface area contributed by atoms with Crippen LogP contribution in [-0.4, -0.2) is 72.8 Å². The van der Waals surface area contributed by atoms with Crippen LogP contribution >= 0.6 is 46.4 Å². The maximum absolute atomic E-state index is 13.8. The van der Waals surface area contributed by atoms with E-state index in [0.29, 0.717) is 5.69 Å². The third-order valence-corrected chi connectivity index (χ3v) is 7.89. The van der Waals surface area contributed by atoms with Crippen LogP contribution in [0.1, 0.15) is 6.92 Å². The SMILES string of the molecule is CCN(C)c1ccc(N=C2C(=O)N(c3c(Cl)cc(Cl)cc3Cl)N=C2Nc2cc(N(C=O)C(=O)C(=O)C(=O)C(=O)C(=O)C=O)ccc2Cl)cc1. The summed E-state index contributed by atoms with van der Waals surface area (Å²) in [6.07, 6.45) is -0.640. The Morgan fingerprint density at radius 1 is 0.857 bits per heavy atom. The molecule has 0 atom stereocenters. The smallest absolute Gasteiger partial charge is 0.309 e. The molecule has 1 aliphatic heterocycles. The minimum absolute atomic E-state index is 0.0186. The molecule has 3 amide bonds. The normalized spacial score (nSPS) is 13.1. The summed E-state index contributed by atoms with van der Waals surface area (Å²) in [7, 11) is 1.90. The van der Waals surface area contributed by atoms with Gasteiger partial charge in [0, 0.05) is 24.3 Å². The zero-order valence-electron chi connectivity index (χ0n) is 25.1. The molecule has 0 aromatic heterocycles. The second-order valence-corrected chi connectivity index (χ2v) is 11.5. The average molecular weight is 746 g/mol. The van der Waals surface area contributed by atoms with Crippen molar-refractivity contribution in [1.82, 2.24) is 0 Å². The van der Waals surface area contributed by atoms with Crippen molar-refractivity contribution in [2.75, 3.05) is 33.7 Å². The predicted molar refractivity (Wildman–Crippen MR) is 184 cm³/mol. The number of ketones is 4. The summed E-state index contributed by atoms with van der Waals surface area (Å²) in [5, 5.41) is 8.12. The maximum Gasteiger partial charge on any atom is 0.309 e. The summed E-state index contributed by atoms with van der Waals surface area (Å²) in [4.78, 5) is 103. The highest BCUT2D eigenvalue weighted by molar-refractivity contribution is 6.91. The van der Waals surface area contributed by atoms with Crippen LogP contribution in [0.2, 0.25) is 20.1 Å². The summed E-state index contributed by atoms with van der Waals surface area (Å²) >= 11 is 25.2. The maximum atomic E-state index is 13.8. The van der Waals surface area contributed by atoms with Crippen molar-refractivity contribution in [3.63, 3.8) is 0 Å². The van der Waals surface area contributed by atoms with Crippen molar-refractivity contribution < 1.29 is 38.4 Å². The molecule has 49 heavy (non-hydrogen) atoms. The molecule has 0 aliphatic carbocycles. The van der Waals surface area contributed by atoms with E-state index in [0.717, 1.165) is 29.4 Å². The third kappa shape index (κ3) is 7.73. The van der Waals surface area contributed by atoms with E-state index >= 15 is 0 Å². The van der Waals surface area contributed by atoms with Gasteiger partial charge in [-0.25, -0.2) is 9.89 Å². The van der Waals surface area contributed by atoms with Gasteiger partial charge in [-0.15, -0.1) is 5.10 Å². The van der Waals surface area contributed by atoms with Gasteiger partial charge in [0.15, 0.2) is 17.8 Å². The van der Waals surface area contributed by atoms with E-state index in [4.69, 9.17) is 46.4 Å².